The molecule has 15 heteroatoms. The predicted octanol–water partition coefficient (Wildman–Crippen LogP) is 4.87. The van der Waals surface area contributed by atoms with Crippen LogP contribution in [0.3, 0.4) is 0 Å². The molecule has 0 spiro atoms. The number of nitrogens with one attached hydrogen (secondary N) is 3. The van der Waals surface area contributed by atoms with Crippen LogP contribution in [0.2, 0.25) is 5.02 Å². The van der Waals surface area contributed by atoms with Gasteiger partial charge >= 0.3 is 0 Å². The fourth-order valence-electron chi connectivity index (χ4n) is 5.25. The fourth-order valence-corrected chi connectivity index (χ4v) is 5.51. The molecule has 2 saturated carbocycles. The number of halogens is 3. The van der Waals surface area contributed by atoms with Crippen molar-refractivity contribution < 1.29 is 9.72 Å². The molecule has 2 aliphatic carbocycles. The van der Waals surface area contributed by atoms with Crippen LogP contribution in [0.1, 0.15) is 67.8 Å². The Morgan fingerprint density at radius 2 is 1.82 bits per heavy atom. The third-order valence-electron chi connectivity index (χ3n) is 7.36. The summed E-state index contributed by atoms with van der Waals surface area (Å²) in [4.78, 5) is 37.1. The molecule has 12 nitrogen and oxygen atoms in total. The van der Waals surface area contributed by atoms with E-state index in [0.29, 0.717) is 29.9 Å². The average Bonchev–Trinajstić information content (AvgIpc) is 3.58. The first-order valence-electron chi connectivity index (χ1n) is 13.1. The summed E-state index contributed by atoms with van der Waals surface area (Å²) in [6, 6.07) is 4.69. The Balaban J connectivity index is 0.00000220. The van der Waals surface area contributed by atoms with E-state index in [0.717, 1.165) is 44.2 Å². The Labute approximate surface area is 249 Å². The number of nitrogens with two attached hydrogens (primary N) is 1. The van der Waals surface area contributed by atoms with E-state index in [9.17, 15) is 14.9 Å². The molecule has 5 N–H and O–H groups in total. The maximum atomic E-state index is 12.6. The quantitative estimate of drug-likeness (QED) is 0.149. The Morgan fingerprint density at radius 1 is 1.10 bits per heavy atom. The highest BCUT2D eigenvalue weighted by Gasteiger charge is 2.24. The molecule has 0 radical (unpaired) electrons. The summed E-state index contributed by atoms with van der Waals surface area (Å²) < 4.78 is 2.16. The van der Waals surface area contributed by atoms with Gasteiger partial charge < -0.3 is 26.3 Å². The normalized spacial score (nSPS) is 18.9. The van der Waals surface area contributed by atoms with Gasteiger partial charge in [-0.15, -0.1) is 24.8 Å². The molecule has 1 aromatic carbocycles. The van der Waals surface area contributed by atoms with E-state index in [2.05, 4.69) is 25.5 Å². The van der Waals surface area contributed by atoms with Gasteiger partial charge in [0.25, 0.3) is 11.6 Å². The van der Waals surface area contributed by atoms with Crippen LogP contribution in [0.15, 0.2) is 24.5 Å². The second-order valence-electron chi connectivity index (χ2n) is 10.0. The van der Waals surface area contributed by atoms with Crippen molar-refractivity contribution in [3.8, 4) is 0 Å². The van der Waals surface area contributed by atoms with Crippen molar-refractivity contribution in [1.82, 2.24) is 24.8 Å². The van der Waals surface area contributed by atoms with Crippen molar-refractivity contribution in [3.63, 3.8) is 0 Å². The second-order valence-corrected chi connectivity index (χ2v) is 10.4. The summed E-state index contributed by atoms with van der Waals surface area (Å²) in [5, 5.41) is 20.5. The number of nitrogens with zero attached hydrogens (tertiary/aromatic N) is 5. The molecule has 1 amide bonds. The van der Waals surface area contributed by atoms with Crippen molar-refractivity contribution in [1.29, 1.82) is 0 Å². The van der Waals surface area contributed by atoms with E-state index in [-0.39, 0.29) is 59.7 Å². The first kappa shape index (κ1) is 31.6. The lowest BCUT2D eigenvalue weighted by molar-refractivity contribution is -0.384. The van der Waals surface area contributed by atoms with E-state index in [1.54, 1.807) is 0 Å². The molecule has 218 valence electrons. The third-order valence-corrected chi connectivity index (χ3v) is 7.67. The van der Waals surface area contributed by atoms with Gasteiger partial charge in [-0.05, 0) is 44.6 Å². The highest BCUT2D eigenvalue weighted by molar-refractivity contribution is 6.34. The zero-order valence-corrected chi connectivity index (χ0v) is 24.2. The SMILES string of the molecule is Cl.Cl.NC1CCC(Nc2nc(NCCNC(=O)c3ccc([N+](=O)[O-])cc3Cl)c3ncn(C4CCCC4)c3n2)CC1. The molecule has 0 saturated heterocycles. The first-order chi connectivity index (χ1) is 18.4. The molecule has 3 aromatic rings. The number of imidazole rings is 1. The Kier molecular flexibility index (Phi) is 11.1. The van der Waals surface area contributed by atoms with Crippen molar-refractivity contribution in [2.45, 2.75) is 69.5 Å². The Hall–Kier alpha value is -2.93. The largest absolute Gasteiger partial charge is 0.366 e. The number of aromatic nitrogens is 4. The number of anilines is 2. The number of amides is 1. The van der Waals surface area contributed by atoms with Gasteiger partial charge in [0.1, 0.15) is 0 Å². The van der Waals surface area contributed by atoms with Crippen LogP contribution in [-0.2, 0) is 0 Å². The van der Waals surface area contributed by atoms with E-state index < -0.39 is 10.8 Å². The Morgan fingerprint density at radius 3 is 2.50 bits per heavy atom. The highest BCUT2D eigenvalue weighted by Crippen LogP contribution is 2.33. The lowest BCUT2D eigenvalue weighted by Gasteiger charge is -2.27. The van der Waals surface area contributed by atoms with E-state index >= 15 is 0 Å². The smallest absolute Gasteiger partial charge is 0.270 e. The number of hydrogen-bond acceptors (Lipinski definition) is 9. The number of hydrogen-bond donors (Lipinski definition) is 4. The summed E-state index contributed by atoms with van der Waals surface area (Å²) in [6.45, 7) is 0.667. The predicted molar refractivity (Wildman–Crippen MR) is 160 cm³/mol. The van der Waals surface area contributed by atoms with Gasteiger partial charge in [-0.25, -0.2) is 4.98 Å². The van der Waals surface area contributed by atoms with Crippen LogP contribution >= 0.6 is 36.4 Å². The van der Waals surface area contributed by atoms with Crippen LogP contribution in [-0.4, -0.2) is 55.5 Å². The molecular weight excluding hydrogens is 581 g/mol. The number of benzene rings is 1. The van der Waals surface area contributed by atoms with Gasteiger partial charge in [-0.2, -0.15) is 9.97 Å². The zero-order chi connectivity index (χ0) is 26.6. The van der Waals surface area contributed by atoms with Crippen molar-refractivity contribution >= 4 is 70.9 Å². The number of fused-ring (bicyclic) bond motifs is 1. The molecular formula is C25H34Cl3N9O3. The number of carbonyl (C=O) groups is 1. The van der Waals surface area contributed by atoms with Crippen molar-refractivity contribution in [2.75, 3.05) is 23.7 Å². The summed E-state index contributed by atoms with van der Waals surface area (Å²) in [6.07, 6.45) is 10.4. The standard InChI is InChI=1S/C25H32ClN9O3.2ClH/c26-20-13-18(35(37)38)9-10-19(20)24(36)29-12-11-28-22-21-23(34(14-30-21)17-3-1-2-4-17)33-25(32-22)31-16-7-5-15(27)6-8-16;;/h9-10,13-17H,1-8,11-12,27H2,(H,29,36)(H2,28,31,32,33);2*1H. The highest BCUT2D eigenvalue weighted by atomic mass is 35.5. The minimum Gasteiger partial charge on any atom is -0.366 e. The van der Waals surface area contributed by atoms with Gasteiger partial charge in [-0.3, -0.25) is 14.9 Å². The van der Waals surface area contributed by atoms with Crippen molar-refractivity contribution in [3.05, 3.63) is 45.2 Å². The molecule has 2 aromatic heterocycles. The number of rotatable bonds is 9. The molecule has 0 unspecified atom stereocenters. The fraction of sp³-hybridized carbons (Fsp3) is 0.520. The number of nitro groups is 1. The minimum atomic E-state index is -0.555. The number of nitro benzene ring substituents is 1. The lowest BCUT2D eigenvalue weighted by atomic mass is 9.92. The van der Waals surface area contributed by atoms with Crippen LogP contribution in [0.5, 0.6) is 0 Å². The van der Waals surface area contributed by atoms with Crippen LogP contribution in [0.25, 0.3) is 11.2 Å². The summed E-state index contributed by atoms with van der Waals surface area (Å²) in [5.41, 5.74) is 7.57. The van der Waals surface area contributed by atoms with Gasteiger partial charge in [-0.1, -0.05) is 24.4 Å². The molecule has 2 heterocycles. The van der Waals surface area contributed by atoms with E-state index in [1.807, 2.05) is 6.33 Å². The molecule has 40 heavy (non-hydrogen) atoms. The third kappa shape index (κ3) is 7.22. The minimum absolute atomic E-state index is 0. The Bertz CT molecular complexity index is 1330. The summed E-state index contributed by atoms with van der Waals surface area (Å²) in [5.74, 6) is 0.745. The summed E-state index contributed by atoms with van der Waals surface area (Å²) >= 11 is 6.08. The van der Waals surface area contributed by atoms with E-state index in [4.69, 9.17) is 27.3 Å². The van der Waals surface area contributed by atoms with Crippen LogP contribution in [0, 0.1) is 10.1 Å². The average molecular weight is 615 g/mol. The summed E-state index contributed by atoms with van der Waals surface area (Å²) in [7, 11) is 0. The molecule has 2 fully saturated rings. The topological polar surface area (TPSA) is 166 Å². The maximum absolute atomic E-state index is 12.6. The zero-order valence-electron chi connectivity index (χ0n) is 21.8. The number of carbonyl (C=O) groups excluding carboxylic acids is 1. The lowest BCUT2D eigenvalue weighted by Crippen LogP contribution is -2.33. The van der Waals surface area contributed by atoms with Crippen molar-refractivity contribution in [2.24, 2.45) is 5.73 Å². The van der Waals surface area contributed by atoms with Crippen LogP contribution in [0.4, 0.5) is 17.5 Å². The molecule has 2 aliphatic rings. The van der Waals surface area contributed by atoms with Gasteiger partial charge in [0.2, 0.25) is 5.95 Å². The molecule has 0 bridgehead atoms. The van der Waals surface area contributed by atoms with Gasteiger partial charge in [0, 0.05) is 43.3 Å². The second kappa shape index (κ2) is 14.1. The van der Waals surface area contributed by atoms with E-state index in [1.165, 1.54) is 31.0 Å². The molecule has 0 aliphatic heterocycles. The van der Waals surface area contributed by atoms with Gasteiger partial charge in [0.05, 0.1) is 21.8 Å². The maximum Gasteiger partial charge on any atom is 0.270 e. The van der Waals surface area contributed by atoms with Gasteiger partial charge in [0.15, 0.2) is 17.0 Å². The monoisotopic (exact) mass is 613 g/mol. The first-order valence-corrected chi connectivity index (χ1v) is 13.5. The van der Waals surface area contributed by atoms with Crippen LogP contribution < -0.4 is 21.7 Å². The molecule has 5 rings (SSSR count). The number of non-ortho nitro benzene ring substituents is 1. The molecule has 0 atom stereocenters.